The van der Waals surface area contributed by atoms with Crippen molar-refractivity contribution in [3.8, 4) is 11.1 Å². The van der Waals surface area contributed by atoms with Crippen molar-refractivity contribution in [1.82, 2.24) is 14.9 Å². The van der Waals surface area contributed by atoms with Gasteiger partial charge >= 0.3 is 0 Å². The fourth-order valence-corrected chi connectivity index (χ4v) is 2.63. The number of halogens is 2. The third kappa shape index (κ3) is 5.56. The summed E-state index contributed by atoms with van der Waals surface area (Å²) in [5.74, 6) is 0.482. The monoisotopic (exact) mass is 383 g/mol. The maximum absolute atomic E-state index is 11.0. The van der Waals surface area contributed by atoms with E-state index in [0.717, 1.165) is 35.7 Å². The summed E-state index contributed by atoms with van der Waals surface area (Å²) in [4.78, 5) is 23.9. The van der Waals surface area contributed by atoms with Crippen molar-refractivity contribution in [1.29, 1.82) is 0 Å². The molecule has 1 aliphatic rings. The Morgan fingerprint density at radius 1 is 1.20 bits per heavy atom. The van der Waals surface area contributed by atoms with E-state index in [9.17, 15) is 4.79 Å². The summed E-state index contributed by atoms with van der Waals surface area (Å²) in [5.41, 5.74) is 8.41. The van der Waals surface area contributed by atoms with Crippen LogP contribution in [-0.2, 0) is 11.3 Å². The summed E-state index contributed by atoms with van der Waals surface area (Å²) in [7, 11) is 1.88. The lowest BCUT2D eigenvalue weighted by Crippen LogP contribution is -2.38. The molecule has 3 rings (SSSR count). The quantitative estimate of drug-likeness (QED) is 0.826. The third-order valence-corrected chi connectivity index (χ3v) is 3.92. The minimum atomic E-state index is -0.321. The molecule has 2 N–H and O–H groups in total. The number of carbonyl (C=O) groups is 1. The Hall–Kier alpha value is -1.89. The molecular formula is C17H23Cl2N5O. The van der Waals surface area contributed by atoms with Gasteiger partial charge in [0.15, 0.2) is 0 Å². The van der Waals surface area contributed by atoms with Crippen molar-refractivity contribution in [2.24, 2.45) is 5.73 Å². The maximum atomic E-state index is 11.0. The number of anilines is 1. The highest BCUT2D eigenvalue weighted by Crippen LogP contribution is 2.22. The molecule has 0 aliphatic carbocycles. The minimum absolute atomic E-state index is 0. The first kappa shape index (κ1) is 21.2. The third-order valence-electron chi connectivity index (χ3n) is 3.92. The molecule has 2 heterocycles. The zero-order valence-electron chi connectivity index (χ0n) is 14.1. The topological polar surface area (TPSA) is 75.3 Å². The summed E-state index contributed by atoms with van der Waals surface area (Å²) in [6.45, 7) is 3.00. The van der Waals surface area contributed by atoms with Crippen LogP contribution in [0.3, 0.4) is 0 Å². The molecule has 25 heavy (non-hydrogen) atoms. The Balaban J connectivity index is 0.00000156. The first-order valence-corrected chi connectivity index (χ1v) is 7.75. The van der Waals surface area contributed by atoms with E-state index >= 15 is 0 Å². The van der Waals surface area contributed by atoms with Gasteiger partial charge < -0.3 is 10.6 Å². The predicted molar refractivity (Wildman–Crippen MR) is 104 cm³/mol. The first-order chi connectivity index (χ1) is 11.1. The van der Waals surface area contributed by atoms with Crippen LogP contribution in [0.15, 0.2) is 36.7 Å². The van der Waals surface area contributed by atoms with Gasteiger partial charge in [-0.1, -0.05) is 18.2 Å². The van der Waals surface area contributed by atoms with Gasteiger partial charge in [0.2, 0.25) is 11.9 Å². The molecule has 0 saturated carbocycles. The molecule has 0 radical (unpaired) electrons. The molecular weight excluding hydrogens is 361 g/mol. The number of primary amides is 1. The molecule has 136 valence electrons. The molecule has 0 spiro atoms. The smallest absolute Gasteiger partial charge is 0.231 e. The van der Waals surface area contributed by atoms with Gasteiger partial charge in [-0.15, -0.1) is 24.8 Å². The largest absolute Gasteiger partial charge is 0.369 e. The highest BCUT2D eigenvalue weighted by molar-refractivity contribution is 5.85. The number of likely N-dealkylation sites (N-methyl/N-ethyl adjacent to an activating group) is 1. The van der Waals surface area contributed by atoms with Gasteiger partial charge in [-0.25, -0.2) is 9.97 Å². The van der Waals surface area contributed by atoms with Crippen LogP contribution in [0.1, 0.15) is 12.0 Å². The van der Waals surface area contributed by atoms with Crippen LogP contribution in [0, 0.1) is 0 Å². The van der Waals surface area contributed by atoms with Crippen molar-refractivity contribution in [3.63, 3.8) is 0 Å². The van der Waals surface area contributed by atoms with Crippen molar-refractivity contribution >= 4 is 36.7 Å². The molecule has 1 aliphatic heterocycles. The number of hydrogen-bond acceptors (Lipinski definition) is 5. The number of amides is 1. The van der Waals surface area contributed by atoms with E-state index in [-0.39, 0.29) is 37.3 Å². The second-order valence-electron chi connectivity index (χ2n) is 5.95. The molecule has 8 heteroatoms. The van der Waals surface area contributed by atoms with E-state index in [1.54, 1.807) is 0 Å². The lowest BCUT2D eigenvalue weighted by Gasteiger charge is -2.30. The van der Waals surface area contributed by atoms with Crippen LogP contribution < -0.4 is 10.6 Å². The van der Waals surface area contributed by atoms with Crippen LogP contribution in [0.4, 0.5) is 5.95 Å². The SMILES string of the molecule is CN(CC(N)=O)Cc1cccc(-c2cnc(N3CCC3)nc2)c1.Cl.Cl. The molecule has 1 saturated heterocycles. The number of carbonyl (C=O) groups excluding carboxylic acids is 1. The van der Waals surface area contributed by atoms with Gasteiger partial charge in [0, 0.05) is 37.6 Å². The van der Waals surface area contributed by atoms with E-state index < -0.39 is 0 Å². The zero-order chi connectivity index (χ0) is 16.2. The van der Waals surface area contributed by atoms with Gasteiger partial charge in [0.1, 0.15) is 0 Å². The average molecular weight is 384 g/mol. The highest BCUT2D eigenvalue weighted by atomic mass is 35.5. The molecule has 1 amide bonds. The van der Waals surface area contributed by atoms with E-state index in [1.165, 1.54) is 6.42 Å². The number of nitrogens with two attached hydrogens (primary N) is 1. The Morgan fingerprint density at radius 3 is 2.44 bits per heavy atom. The van der Waals surface area contributed by atoms with Crippen LogP contribution in [0.2, 0.25) is 0 Å². The first-order valence-electron chi connectivity index (χ1n) is 7.75. The Labute approximate surface area is 160 Å². The van der Waals surface area contributed by atoms with Crippen molar-refractivity contribution in [2.45, 2.75) is 13.0 Å². The second kappa shape index (κ2) is 9.56. The summed E-state index contributed by atoms with van der Waals surface area (Å²) in [6.07, 6.45) is 4.95. The molecule has 0 unspecified atom stereocenters. The van der Waals surface area contributed by atoms with Crippen LogP contribution in [0.5, 0.6) is 0 Å². The Kier molecular flexibility index (Phi) is 8.09. The summed E-state index contributed by atoms with van der Waals surface area (Å²) in [5, 5.41) is 0. The average Bonchev–Trinajstić information content (AvgIpc) is 2.45. The maximum Gasteiger partial charge on any atom is 0.231 e. The van der Waals surface area contributed by atoms with E-state index in [2.05, 4.69) is 20.9 Å². The molecule has 6 nitrogen and oxygen atoms in total. The van der Waals surface area contributed by atoms with E-state index in [1.807, 2.05) is 42.5 Å². The summed E-state index contributed by atoms with van der Waals surface area (Å²) in [6, 6.07) is 8.18. The fourth-order valence-electron chi connectivity index (χ4n) is 2.63. The number of rotatable bonds is 6. The van der Waals surface area contributed by atoms with Crippen LogP contribution in [-0.4, -0.2) is 47.5 Å². The molecule has 1 fully saturated rings. The standard InChI is InChI=1S/C17H21N5O.2ClH/c1-21(12-16(18)23)11-13-4-2-5-14(8-13)15-9-19-17(20-10-15)22-6-3-7-22;;/h2,4-5,8-10H,3,6-7,11-12H2,1H3,(H2,18,23);2*1H. The summed E-state index contributed by atoms with van der Waals surface area (Å²) < 4.78 is 0. The van der Waals surface area contributed by atoms with Gasteiger partial charge in [-0.3, -0.25) is 9.69 Å². The zero-order valence-corrected chi connectivity index (χ0v) is 15.7. The fraction of sp³-hybridized carbons (Fsp3) is 0.353. The number of aromatic nitrogens is 2. The molecule has 0 atom stereocenters. The lowest BCUT2D eigenvalue weighted by atomic mass is 10.1. The van der Waals surface area contributed by atoms with Gasteiger partial charge in [-0.2, -0.15) is 0 Å². The van der Waals surface area contributed by atoms with Crippen molar-refractivity contribution < 1.29 is 4.79 Å². The molecule has 0 bridgehead atoms. The van der Waals surface area contributed by atoms with Crippen molar-refractivity contribution in [2.75, 3.05) is 31.6 Å². The number of nitrogens with zero attached hydrogens (tertiary/aromatic N) is 4. The predicted octanol–water partition coefficient (Wildman–Crippen LogP) is 2.11. The Bertz CT molecular complexity index is 692. The number of benzene rings is 1. The normalized spacial score (nSPS) is 12.8. The van der Waals surface area contributed by atoms with Gasteiger partial charge in [0.25, 0.3) is 0 Å². The number of hydrogen-bond donors (Lipinski definition) is 1. The van der Waals surface area contributed by atoms with Crippen LogP contribution >= 0.6 is 24.8 Å². The Morgan fingerprint density at radius 2 is 1.88 bits per heavy atom. The summed E-state index contributed by atoms with van der Waals surface area (Å²) >= 11 is 0. The van der Waals surface area contributed by atoms with Gasteiger partial charge in [0.05, 0.1) is 6.54 Å². The van der Waals surface area contributed by atoms with E-state index in [4.69, 9.17) is 5.73 Å². The minimum Gasteiger partial charge on any atom is -0.369 e. The second-order valence-corrected chi connectivity index (χ2v) is 5.95. The lowest BCUT2D eigenvalue weighted by molar-refractivity contribution is -0.118. The molecule has 1 aromatic heterocycles. The molecule has 1 aromatic carbocycles. The van der Waals surface area contributed by atoms with Gasteiger partial charge in [-0.05, 0) is 30.7 Å². The van der Waals surface area contributed by atoms with Crippen LogP contribution in [0.25, 0.3) is 11.1 Å². The molecule has 2 aromatic rings. The van der Waals surface area contributed by atoms with E-state index in [0.29, 0.717) is 6.54 Å². The highest BCUT2D eigenvalue weighted by Gasteiger charge is 2.16. The van der Waals surface area contributed by atoms with Crippen molar-refractivity contribution in [3.05, 3.63) is 42.2 Å².